The van der Waals surface area contributed by atoms with Gasteiger partial charge in [0, 0.05) is 32.4 Å². The Hall–Kier alpha value is -2.52. The van der Waals surface area contributed by atoms with Gasteiger partial charge in [-0.05, 0) is 25.0 Å². The summed E-state index contributed by atoms with van der Waals surface area (Å²) in [5.41, 5.74) is 1.03. The molecular formula is C16H21F3N4O3. The molecule has 0 aliphatic carbocycles. The second-order valence-electron chi connectivity index (χ2n) is 6.23. The lowest BCUT2D eigenvalue weighted by atomic mass is 9.96. The Kier molecular flexibility index (Phi) is 6.27. The Morgan fingerprint density at radius 3 is 2.58 bits per heavy atom. The monoisotopic (exact) mass is 374 g/mol. The Morgan fingerprint density at radius 1 is 1.31 bits per heavy atom. The van der Waals surface area contributed by atoms with Crippen LogP contribution in [0.2, 0.25) is 0 Å². The van der Waals surface area contributed by atoms with Crippen LogP contribution in [0, 0.1) is 18.8 Å². The third-order valence-corrected chi connectivity index (χ3v) is 4.19. The van der Waals surface area contributed by atoms with E-state index >= 15 is 0 Å². The van der Waals surface area contributed by atoms with Crippen LogP contribution >= 0.6 is 0 Å². The van der Waals surface area contributed by atoms with Crippen molar-refractivity contribution in [3.63, 3.8) is 0 Å². The molecule has 0 spiro atoms. The molecule has 0 saturated carbocycles. The second-order valence-corrected chi connectivity index (χ2v) is 6.23. The minimum absolute atomic E-state index is 0.253. The number of halogens is 3. The molecule has 0 aromatic carbocycles. The minimum atomic E-state index is -4.65. The molecule has 10 heteroatoms. The number of anilines is 1. The molecule has 1 aliphatic rings. The number of likely N-dealkylation sites (tertiary alicyclic amines) is 1. The average molecular weight is 374 g/mol. The molecule has 0 unspecified atom stereocenters. The van der Waals surface area contributed by atoms with Crippen molar-refractivity contribution in [3.8, 4) is 0 Å². The number of hydrogen-bond donors (Lipinski definition) is 3. The molecule has 1 aromatic heterocycles. The fraction of sp³-hybridized carbons (Fsp3) is 0.562. The van der Waals surface area contributed by atoms with Gasteiger partial charge in [0.05, 0.1) is 11.8 Å². The lowest BCUT2D eigenvalue weighted by Gasteiger charge is -2.18. The number of aryl methyl sites for hydroxylation is 1. The van der Waals surface area contributed by atoms with Crippen molar-refractivity contribution >= 4 is 17.8 Å². The lowest BCUT2D eigenvalue weighted by molar-refractivity contribution is -0.187. The summed E-state index contributed by atoms with van der Waals surface area (Å²) in [6, 6.07) is 3.04. The first-order valence-electron chi connectivity index (χ1n) is 8.17. The van der Waals surface area contributed by atoms with Crippen LogP contribution in [0.15, 0.2) is 18.3 Å². The van der Waals surface area contributed by atoms with Crippen molar-refractivity contribution in [3.05, 3.63) is 23.9 Å². The number of urea groups is 1. The maximum absolute atomic E-state index is 12.9. The van der Waals surface area contributed by atoms with Gasteiger partial charge in [-0.25, -0.2) is 9.78 Å². The van der Waals surface area contributed by atoms with Crippen LogP contribution < -0.4 is 10.6 Å². The highest BCUT2D eigenvalue weighted by molar-refractivity contribution is 5.77. The van der Waals surface area contributed by atoms with E-state index in [0.717, 1.165) is 10.5 Å². The molecule has 1 fully saturated rings. The van der Waals surface area contributed by atoms with Crippen LogP contribution in [0.3, 0.4) is 0 Å². The Balaban J connectivity index is 1.74. The zero-order valence-corrected chi connectivity index (χ0v) is 14.2. The number of carbonyl (C=O) groups excluding carboxylic acids is 1. The van der Waals surface area contributed by atoms with Crippen LogP contribution in [0.4, 0.5) is 23.8 Å². The number of alkyl halides is 3. The molecule has 2 atom stereocenters. The molecule has 3 N–H and O–H groups in total. The number of carboxylic acids is 1. The highest BCUT2D eigenvalue weighted by atomic mass is 19.4. The summed E-state index contributed by atoms with van der Waals surface area (Å²) in [5, 5.41) is 14.5. The number of amides is 2. The third kappa shape index (κ3) is 5.24. The number of pyridine rings is 1. The van der Waals surface area contributed by atoms with Gasteiger partial charge >= 0.3 is 18.2 Å². The Labute approximate surface area is 148 Å². The van der Waals surface area contributed by atoms with E-state index in [2.05, 4.69) is 15.6 Å². The molecule has 26 heavy (non-hydrogen) atoms. The number of carboxylic acid groups (broad SMARTS) is 1. The van der Waals surface area contributed by atoms with Crippen LogP contribution in [0.25, 0.3) is 0 Å². The number of carbonyl (C=O) groups is 2. The van der Waals surface area contributed by atoms with Gasteiger partial charge in [-0.2, -0.15) is 13.2 Å². The zero-order valence-electron chi connectivity index (χ0n) is 14.2. The van der Waals surface area contributed by atoms with Gasteiger partial charge in [0.25, 0.3) is 0 Å². The quantitative estimate of drug-likeness (QED) is 0.663. The van der Waals surface area contributed by atoms with Gasteiger partial charge in [-0.3, -0.25) is 4.79 Å². The van der Waals surface area contributed by atoms with Crippen molar-refractivity contribution in [1.82, 2.24) is 15.2 Å². The fourth-order valence-electron chi connectivity index (χ4n) is 2.74. The number of nitrogens with zero attached hydrogens (tertiary/aromatic N) is 2. The van der Waals surface area contributed by atoms with E-state index in [4.69, 9.17) is 5.11 Å². The van der Waals surface area contributed by atoms with Gasteiger partial charge in [-0.15, -0.1) is 0 Å². The summed E-state index contributed by atoms with van der Waals surface area (Å²) in [5.74, 6) is -4.52. The van der Waals surface area contributed by atoms with Crippen molar-refractivity contribution in [2.24, 2.45) is 11.8 Å². The highest BCUT2D eigenvalue weighted by Crippen LogP contribution is 2.37. The molecule has 1 saturated heterocycles. The van der Waals surface area contributed by atoms with Crippen LogP contribution in [-0.2, 0) is 4.79 Å². The molecule has 1 aliphatic heterocycles. The van der Waals surface area contributed by atoms with Crippen LogP contribution in [0.1, 0.15) is 12.0 Å². The van der Waals surface area contributed by atoms with Crippen molar-refractivity contribution in [2.75, 3.05) is 31.5 Å². The van der Waals surface area contributed by atoms with Gasteiger partial charge in [0.15, 0.2) is 0 Å². The highest BCUT2D eigenvalue weighted by Gasteiger charge is 2.53. The minimum Gasteiger partial charge on any atom is -0.481 e. The third-order valence-electron chi connectivity index (χ3n) is 4.19. The van der Waals surface area contributed by atoms with Crippen molar-refractivity contribution in [2.45, 2.75) is 19.5 Å². The predicted octanol–water partition coefficient (Wildman–Crippen LogP) is 2.10. The van der Waals surface area contributed by atoms with Gasteiger partial charge < -0.3 is 20.6 Å². The van der Waals surface area contributed by atoms with Crippen molar-refractivity contribution < 1.29 is 27.9 Å². The van der Waals surface area contributed by atoms with E-state index in [0.29, 0.717) is 18.8 Å². The topological polar surface area (TPSA) is 94.6 Å². The van der Waals surface area contributed by atoms with E-state index < -0.39 is 43.1 Å². The Bertz CT molecular complexity index is 637. The first-order valence-corrected chi connectivity index (χ1v) is 8.17. The summed E-state index contributed by atoms with van der Waals surface area (Å²) < 4.78 is 38.7. The maximum Gasteiger partial charge on any atom is 0.394 e. The van der Waals surface area contributed by atoms with Crippen LogP contribution in [0.5, 0.6) is 0 Å². The first-order chi connectivity index (χ1) is 12.2. The number of rotatable bonds is 6. The summed E-state index contributed by atoms with van der Waals surface area (Å²) >= 11 is 0. The predicted molar refractivity (Wildman–Crippen MR) is 87.7 cm³/mol. The van der Waals surface area contributed by atoms with Gasteiger partial charge in [-0.1, -0.05) is 6.07 Å². The van der Waals surface area contributed by atoms with Gasteiger partial charge in [0.1, 0.15) is 5.82 Å². The number of hydrogen-bond acceptors (Lipinski definition) is 4. The molecule has 2 rings (SSSR count). The van der Waals surface area contributed by atoms with Gasteiger partial charge in [0.2, 0.25) is 0 Å². The molecule has 2 amide bonds. The standard InChI is InChI=1S/C16H21F3N4O3/c1-10-3-4-13(22-7-10)20-5-2-6-21-15(26)23-8-11(14(24)25)12(9-23)16(17,18)19/h3-4,7,11-12H,2,5-6,8-9H2,1H3,(H,20,22)(H,21,26)(H,24,25)/t11-,12-/m1/s1. The van der Waals surface area contributed by atoms with E-state index in [-0.39, 0.29) is 6.54 Å². The summed E-state index contributed by atoms with van der Waals surface area (Å²) in [7, 11) is 0. The number of aromatic nitrogens is 1. The molecule has 144 valence electrons. The molecular weight excluding hydrogens is 353 g/mol. The van der Waals surface area contributed by atoms with E-state index in [1.54, 1.807) is 6.20 Å². The normalized spacial score (nSPS) is 20.1. The molecule has 0 radical (unpaired) electrons. The smallest absolute Gasteiger partial charge is 0.394 e. The first kappa shape index (κ1) is 19.8. The summed E-state index contributed by atoms with van der Waals surface area (Å²) in [4.78, 5) is 28.1. The lowest BCUT2D eigenvalue weighted by Crippen LogP contribution is -2.40. The molecule has 7 nitrogen and oxygen atoms in total. The second kappa shape index (κ2) is 8.24. The molecule has 2 heterocycles. The summed E-state index contributed by atoms with van der Waals surface area (Å²) in [6.45, 7) is 1.61. The van der Waals surface area contributed by atoms with E-state index in [1.165, 1.54) is 0 Å². The summed E-state index contributed by atoms with van der Waals surface area (Å²) in [6.07, 6.45) is -2.39. The maximum atomic E-state index is 12.9. The average Bonchev–Trinajstić information content (AvgIpc) is 3.02. The SMILES string of the molecule is Cc1ccc(NCCCNC(=O)N2C[C@@H](C(F)(F)F)[C@H](C(=O)O)C2)nc1. The number of nitrogens with one attached hydrogen (secondary N) is 2. The largest absolute Gasteiger partial charge is 0.481 e. The fourth-order valence-corrected chi connectivity index (χ4v) is 2.74. The zero-order chi connectivity index (χ0) is 19.3. The molecule has 1 aromatic rings. The van der Waals surface area contributed by atoms with E-state index in [9.17, 15) is 22.8 Å². The number of aliphatic carboxylic acids is 1. The van der Waals surface area contributed by atoms with Crippen molar-refractivity contribution in [1.29, 1.82) is 0 Å². The Morgan fingerprint density at radius 2 is 2.04 bits per heavy atom. The van der Waals surface area contributed by atoms with Crippen LogP contribution in [-0.4, -0.2) is 59.3 Å². The van der Waals surface area contributed by atoms with E-state index in [1.807, 2.05) is 19.1 Å². The molecule has 0 bridgehead atoms.